The van der Waals surface area contributed by atoms with Crippen molar-refractivity contribution in [3.05, 3.63) is 70.6 Å². The van der Waals surface area contributed by atoms with Crippen LogP contribution in [0.15, 0.2) is 63.8 Å². The zero-order valence-corrected chi connectivity index (χ0v) is 12.9. The molecule has 0 aliphatic carbocycles. The van der Waals surface area contributed by atoms with E-state index in [-0.39, 0.29) is 0 Å². The minimum Gasteiger partial charge on any atom is -0.497 e. The van der Waals surface area contributed by atoms with E-state index in [4.69, 9.17) is 13.9 Å². The number of methoxy groups -OCH3 is 1. The first kappa shape index (κ1) is 14.5. The predicted molar refractivity (Wildman–Crippen MR) is 88.0 cm³/mol. The predicted octanol–water partition coefficient (Wildman–Crippen LogP) is 3.37. The zero-order chi connectivity index (χ0) is 16.7. The molecule has 1 aromatic heterocycles. The lowest BCUT2D eigenvalue weighted by molar-refractivity contribution is -0.0231. The van der Waals surface area contributed by atoms with Gasteiger partial charge in [0.25, 0.3) is 0 Å². The molecule has 1 aliphatic rings. The van der Waals surface area contributed by atoms with Crippen molar-refractivity contribution in [2.24, 2.45) is 0 Å². The fraction of sp³-hybridized carbons (Fsp3) is 0.105. The largest absolute Gasteiger partial charge is 0.497 e. The second-order valence-electron chi connectivity index (χ2n) is 5.43. The van der Waals surface area contributed by atoms with E-state index in [0.717, 1.165) is 0 Å². The molecular weight excluding hydrogens is 308 g/mol. The summed E-state index contributed by atoms with van der Waals surface area (Å²) in [5.41, 5.74) is 1.65. The minimum atomic E-state index is -1.18. The Hall–Kier alpha value is -3.05. The van der Waals surface area contributed by atoms with Crippen LogP contribution in [0.2, 0.25) is 0 Å². The third kappa shape index (κ3) is 2.26. The summed E-state index contributed by atoms with van der Waals surface area (Å²) in [6, 6.07) is 15.8. The molecule has 0 radical (unpaired) electrons. The number of aliphatic hydroxyl groups excluding tert-OH is 1. The van der Waals surface area contributed by atoms with Crippen molar-refractivity contribution in [2.75, 3.05) is 7.11 Å². The number of fused-ring (bicyclic) bond motifs is 3. The third-order valence-electron chi connectivity index (χ3n) is 4.01. The molecule has 24 heavy (non-hydrogen) atoms. The smallest absolute Gasteiger partial charge is 0.344 e. The standard InChI is InChI=1S/C19H14O5/c1-22-12-8-6-11(7-9-12)14-10-15-17(24-18(14)20)13-4-2-3-5-16(13)23-19(15)21/h2-10,19,21H,1H3. The van der Waals surface area contributed by atoms with E-state index in [2.05, 4.69) is 0 Å². The maximum atomic E-state index is 12.4. The SMILES string of the molecule is COc1ccc(-c2cc3c(oc2=O)-c2ccccc2OC3O)cc1. The summed E-state index contributed by atoms with van der Waals surface area (Å²) in [6.07, 6.45) is -1.18. The number of para-hydroxylation sites is 1. The number of benzene rings is 2. The topological polar surface area (TPSA) is 68.9 Å². The zero-order valence-electron chi connectivity index (χ0n) is 12.9. The van der Waals surface area contributed by atoms with E-state index in [1.165, 1.54) is 0 Å². The first-order valence-electron chi connectivity index (χ1n) is 7.44. The fourth-order valence-corrected chi connectivity index (χ4v) is 2.79. The monoisotopic (exact) mass is 322 g/mol. The highest BCUT2D eigenvalue weighted by Gasteiger charge is 2.28. The first-order chi connectivity index (χ1) is 11.7. The van der Waals surface area contributed by atoms with Crippen LogP contribution in [0, 0.1) is 0 Å². The lowest BCUT2D eigenvalue weighted by atomic mass is 9.99. The average Bonchev–Trinajstić information content (AvgIpc) is 2.61. The summed E-state index contributed by atoms with van der Waals surface area (Å²) in [5.74, 6) is 1.52. The quantitative estimate of drug-likeness (QED) is 0.783. The second kappa shape index (κ2) is 5.54. The number of rotatable bonds is 2. The minimum absolute atomic E-state index is 0.339. The lowest BCUT2D eigenvalue weighted by Gasteiger charge is -2.24. The van der Waals surface area contributed by atoms with Gasteiger partial charge in [-0.25, -0.2) is 4.79 Å². The van der Waals surface area contributed by atoms with Crippen LogP contribution in [0.5, 0.6) is 11.5 Å². The summed E-state index contributed by atoms with van der Waals surface area (Å²) >= 11 is 0. The molecule has 2 heterocycles. The van der Waals surface area contributed by atoms with Crippen molar-refractivity contribution < 1.29 is 19.0 Å². The lowest BCUT2D eigenvalue weighted by Crippen LogP contribution is -2.16. The molecule has 1 aliphatic heterocycles. The van der Waals surface area contributed by atoms with Crippen molar-refractivity contribution >= 4 is 0 Å². The van der Waals surface area contributed by atoms with Crippen LogP contribution in [0.25, 0.3) is 22.5 Å². The van der Waals surface area contributed by atoms with Crippen molar-refractivity contribution in [3.63, 3.8) is 0 Å². The molecule has 0 saturated heterocycles. The van der Waals surface area contributed by atoms with Gasteiger partial charge in [0.1, 0.15) is 11.5 Å². The summed E-state index contributed by atoms with van der Waals surface area (Å²) in [6.45, 7) is 0. The van der Waals surface area contributed by atoms with Gasteiger partial charge in [-0.05, 0) is 35.9 Å². The van der Waals surface area contributed by atoms with Crippen LogP contribution in [0.3, 0.4) is 0 Å². The molecule has 5 heteroatoms. The van der Waals surface area contributed by atoms with Crippen molar-refractivity contribution in [1.82, 2.24) is 0 Å². The van der Waals surface area contributed by atoms with Crippen LogP contribution < -0.4 is 15.1 Å². The molecule has 0 amide bonds. The van der Waals surface area contributed by atoms with Gasteiger partial charge in [-0.1, -0.05) is 24.3 Å². The van der Waals surface area contributed by atoms with Gasteiger partial charge in [-0.15, -0.1) is 0 Å². The van der Waals surface area contributed by atoms with Crippen molar-refractivity contribution in [1.29, 1.82) is 0 Å². The molecule has 0 bridgehead atoms. The van der Waals surface area contributed by atoms with Gasteiger partial charge in [-0.3, -0.25) is 0 Å². The maximum absolute atomic E-state index is 12.4. The molecule has 4 rings (SSSR count). The Kier molecular flexibility index (Phi) is 3.36. The average molecular weight is 322 g/mol. The molecule has 1 atom stereocenters. The first-order valence-corrected chi connectivity index (χ1v) is 7.44. The fourth-order valence-electron chi connectivity index (χ4n) is 2.79. The van der Waals surface area contributed by atoms with Gasteiger partial charge in [0.2, 0.25) is 6.29 Å². The maximum Gasteiger partial charge on any atom is 0.344 e. The van der Waals surface area contributed by atoms with E-state index in [1.54, 1.807) is 55.6 Å². The van der Waals surface area contributed by atoms with Gasteiger partial charge in [0.05, 0.1) is 23.8 Å². The van der Waals surface area contributed by atoms with E-state index in [9.17, 15) is 9.90 Å². The van der Waals surface area contributed by atoms with Crippen molar-refractivity contribution in [3.8, 4) is 33.9 Å². The van der Waals surface area contributed by atoms with E-state index in [1.807, 2.05) is 6.07 Å². The molecule has 1 N–H and O–H groups in total. The second-order valence-corrected chi connectivity index (χ2v) is 5.43. The Labute approximate surface area is 137 Å². The van der Waals surface area contributed by atoms with E-state index in [0.29, 0.717) is 39.5 Å². The van der Waals surface area contributed by atoms with Crippen LogP contribution in [-0.2, 0) is 0 Å². The van der Waals surface area contributed by atoms with Gasteiger partial charge in [-0.2, -0.15) is 0 Å². The van der Waals surface area contributed by atoms with Gasteiger partial charge >= 0.3 is 5.63 Å². The number of hydrogen-bond donors (Lipinski definition) is 1. The Balaban J connectivity index is 1.88. The molecule has 0 fully saturated rings. The van der Waals surface area contributed by atoms with Gasteiger partial charge in [0, 0.05) is 0 Å². The van der Waals surface area contributed by atoms with Crippen LogP contribution >= 0.6 is 0 Å². The van der Waals surface area contributed by atoms with Crippen molar-refractivity contribution in [2.45, 2.75) is 6.29 Å². The number of hydrogen-bond acceptors (Lipinski definition) is 5. The summed E-state index contributed by atoms with van der Waals surface area (Å²) in [7, 11) is 1.58. The highest BCUT2D eigenvalue weighted by molar-refractivity contribution is 5.73. The van der Waals surface area contributed by atoms with E-state index < -0.39 is 11.9 Å². The van der Waals surface area contributed by atoms with Crippen LogP contribution in [0.4, 0.5) is 0 Å². The number of ether oxygens (including phenoxy) is 2. The summed E-state index contributed by atoms with van der Waals surface area (Å²) in [5, 5.41) is 10.2. The molecule has 1 unspecified atom stereocenters. The highest BCUT2D eigenvalue weighted by Crippen LogP contribution is 2.41. The Bertz CT molecular complexity index is 956. The van der Waals surface area contributed by atoms with Gasteiger partial charge < -0.3 is 19.0 Å². The summed E-state index contributed by atoms with van der Waals surface area (Å²) in [4.78, 5) is 12.4. The Morgan fingerprint density at radius 3 is 2.54 bits per heavy atom. The molecule has 3 aromatic rings. The molecule has 0 saturated carbocycles. The molecule has 5 nitrogen and oxygen atoms in total. The third-order valence-corrected chi connectivity index (χ3v) is 4.01. The Morgan fingerprint density at radius 2 is 1.79 bits per heavy atom. The molecule has 0 spiro atoms. The van der Waals surface area contributed by atoms with Crippen LogP contribution in [0.1, 0.15) is 11.9 Å². The van der Waals surface area contributed by atoms with Gasteiger partial charge in [0.15, 0.2) is 5.76 Å². The normalized spacial score (nSPS) is 15.2. The summed E-state index contributed by atoms with van der Waals surface area (Å²) < 4.78 is 16.1. The highest BCUT2D eigenvalue weighted by atomic mass is 16.6. The molecular formula is C19H14O5. The number of aliphatic hydroxyl groups is 1. The molecule has 120 valence electrons. The van der Waals surface area contributed by atoms with E-state index >= 15 is 0 Å². The van der Waals surface area contributed by atoms with Crippen LogP contribution in [-0.4, -0.2) is 12.2 Å². The molecule has 2 aromatic carbocycles. The Morgan fingerprint density at radius 1 is 1.04 bits per heavy atom.